The monoisotopic (exact) mass is 538 g/mol. The van der Waals surface area contributed by atoms with Crippen LogP contribution in [0.15, 0.2) is 30.3 Å². The number of halogens is 1. The number of hydrogen-bond acceptors (Lipinski definition) is 8. The number of anilines is 1. The second-order valence-electron chi connectivity index (χ2n) is 8.76. The molecule has 198 valence electrons. The molecular weight excluding hydrogens is 506 g/mol. The lowest BCUT2D eigenvalue weighted by Gasteiger charge is -2.32. The van der Waals surface area contributed by atoms with Crippen LogP contribution in [0.4, 0.5) is 5.69 Å². The second kappa shape index (κ2) is 13.8. The van der Waals surface area contributed by atoms with Gasteiger partial charge in [0.15, 0.2) is 5.78 Å². The maximum atomic E-state index is 13.2. The summed E-state index contributed by atoms with van der Waals surface area (Å²) in [6, 6.07) is 8.62. The summed E-state index contributed by atoms with van der Waals surface area (Å²) in [6.07, 6.45) is 3.09. The fourth-order valence-corrected chi connectivity index (χ4v) is 4.69. The molecule has 36 heavy (non-hydrogen) atoms. The quantitative estimate of drug-likeness (QED) is 0.225. The Morgan fingerprint density at radius 3 is 2.44 bits per heavy atom. The van der Waals surface area contributed by atoms with Gasteiger partial charge in [-0.05, 0) is 62.0 Å². The predicted molar refractivity (Wildman–Crippen MR) is 139 cm³/mol. The summed E-state index contributed by atoms with van der Waals surface area (Å²) in [5.74, 6) is 2.07. The molecule has 1 heterocycles. The molecule has 1 aliphatic rings. The average Bonchev–Trinajstić information content (AvgIpc) is 2.88. The van der Waals surface area contributed by atoms with Gasteiger partial charge < -0.3 is 29.4 Å². The summed E-state index contributed by atoms with van der Waals surface area (Å²) in [6.45, 7) is 3.06. The molecule has 0 bridgehead atoms. The van der Waals surface area contributed by atoms with E-state index in [2.05, 4.69) is 9.62 Å². The maximum absolute atomic E-state index is 13.2. The van der Waals surface area contributed by atoms with Crippen molar-refractivity contribution in [1.29, 1.82) is 0 Å². The summed E-state index contributed by atoms with van der Waals surface area (Å²) in [4.78, 5) is 15.4. The number of nitrogens with one attached hydrogen (secondary N) is 1. The van der Waals surface area contributed by atoms with Crippen LogP contribution in [-0.2, 0) is 17.9 Å². The van der Waals surface area contributed by atoms with E-state index in [1.54, 1.807) is 32.4 Å². The van der Waals surface area contributed by atoms with Crippen LogP contribution in [0.25, 0.3) is 0 Å². The Balaban J connectivity index is 1.58. The van der Waals surface area contributed by atoms with Crippen LogP contribution < -0.4 is 24.7 Å². The molecule has 2 aromatic rings. The molecule has 1 atom stereocenters. The maximum Gasteiger partial charge on any atom is 0.166 e. The van der Waals surface area contributed by atoms with Crippen LogP contribution in [0.3, 0.4) is 0 Å². The Morgan fingerprint density at radius 2 is 1.83 bits per heavy atom. The minimum Gasteiger partial charge on any atom is -0.760 e. The number of ether oxygens (including phenoxy) is 3. The van der Waals surface area contributed by atoms with E-state index >= 15 is 0 Å². The van der Waals surface area contributed by atoms with Crippen molar-refractivity contribution in [1.82, 2.24) is 9.62 Å². The first kappa shape index (κ1) is 28.2. The SMILES string of the molecule is COc1cc(COc2cc(N)c(Cl)cc2C(=O)CCC2CCN(CCNS(=O)[O-])CC2)cc(OC)c1. The highest BCUT2D eigenvalue weighted by Gasteiger charge is 2.22. The van der Waals surface area contributed by atoms with E-state index in [4.69, 9.17) is 31.5 Å². The smallest absolute Gasteiger partial charge is 0.166 e. The third-order valence-corrected chi connectivity index (χ3v) is 7.11. The lowest BCUT2D eigenvalue weighted by atomic mass is 9.90. The molecule has 3 N–H and O–H groups in total. The molecule has 1 unspecified atom stereocenters. The van der Waals surface area contributed by atoms with Gasteiger partial charge in [-0.1, -0.05) is 11.6 Å². The van der Waals surface area contributed by atoms with Crippen molar-refractivity contribution in [2.75, 3.05) is 46.1 Å². The molecule has 1 fully saturated rings. The highest BCUT2D eigenvalue weighted by molar-refractivity contribution is 7.77. The van der Waals surface area contributed by atoms with Crippen molar-refractivity contribution in [3.8, 4) is 17.2 Å². The first-order valence-electron chi connectivity index (χ1n) is 11.8. The molecule has 1 saturated heterocycles. The molecule has 0 amide bonds. The van der Waals surface area contributed by atoms with E-state index in [1.807, 2.05) is 12.1 Å². The zero-order valence-electron chi connectivity index (χ0n) is 20.6. The van der Waals surface area contributed by atoms with E-state index in [9.17, 15) is 13.6 Å². The number of rotatable bonds is 13. The number of methoxy groups -OCH3 is 2. The van der Waals surface area contributed by atoms with Crippen LogP contribution in [-0.4, -0.2) is 59.8 Å². The van der Waals surface area contributed by atoms with Gasteiger partial charge in [0.25, 0.3) is 0 Å². The van der Waals surface area contributed by atoms with Crippen LogP contribution in [0.5, 0.6) is 17.2 Å². The van der Waals surface area contributed by atoms with Gasteiger partial charge in [0, 0.05) is 42.9 Å². The normalized spacial score (nSPS) is 15.4. The molecule has 3 rings (SSSR count). The molecule has 0 aliphatic carbocycles. The van der Waals surface area contributed by atoms with Gasteiger partial charge in [0.2, 0.25) is 0 Å². The number of likely N-dealkylation sites (tertiary alicyclic amines) is 1. The van der Waals surface area contributed by atoms with Crippen molar-refractivity contribution in [2.45, 2.75) is 32.3 Å². The second-order valence-corrected chi connectivity index (χ2v) is 9.92. The molecule has 1 aliphatic heterocycles. The zero-order chi connectivity index (χ0) is 26.1. The predicted octanol–water partition coefficient (Wildman–Crippen LogP) is 3.58. The Bertz CT molecular complexity index is 1040. The largest absolute Gasteiger partial charge is 0.760 e. The highest BCUT2D eigenvalue weighted by atomic mass is 35.5. The molecule has 0 radical (unpaired) electrons. The number of nitrogens with zero attached hydrogens (tertiary/aromatic N) is 1. The number of Topliss-reactive ketones (excluding diaryl/α,β-unsaturated/α-hetero) is 1. The van der Waals surface area contributed by atoms with E-state index in [1.165, 1.54) is 0 Å². The molecule has 2 aromatic carbocycles. The highest BCUT2D eigenvalue weighted by Crippen LogP contribution is 2.32. The minimum absolute atomic E-state index is 0.0420. The van der Waals surface area contributed by atoms with Crippen molar-refractivity contribution in [3.05, 3.63) is 46.5 Å². The van der Waals surface area contributed by atoms with E-state index in [0.717, 1.165) is 37.9 Å². The molecule has 0 aromatic heterocycles. The van der Waals surface area contributed by atoms with Gasteiger partial charge in [0.1, 0.15) is 23.9 Å². The summed E-state index contributed by atoms with van der Waals surface area (Å²) in [5.41, 5.74) is 7.58. The van der Waals surface area contributed by atoms with Crippen molar-refractivity contribution in [2.24, 2.45) is 5.92 Å². The van der Waals surface area contributed by atoms with Crippen LogP contribution in [0, 0.1) is 5.92 Å². The average molecular weight is 539 g/mol. The number of ketones is 1. The van der Waals surface area contributed by atoms with E-state index in [-0.39, 0.29) is 12.4 Å². The fraction of sp³-hybridized carbons (Fsp3) is 0.480. The van der Waals surface area contributed by atoms with Crippen molar-refractivity contribution >= 4 is 34.3 Å². The van der Waals surface area contributed by atoms with Gasteiger partial charge >= 0.3 is 0 Å². The molecule has 11 heteroatoms. The number of carbonyl (C=O) groups excluding carboxylic acids is 1. The summed E-state index contributed by atoms with van der Waals surface area (Å²) < 4.78 is 40.2. The lowest BCUT2D eigenvalue weighted by molar-refractivity contribution is 0.0958. The number of hydrogen-bond donors (Lipinski definition) is 2. The third-order valence-electron chi connectivity index (χ3n) is 6.34. The van der Waals surface area contributed by atoms with Crippen LogP contribution in [0.2, 0.25) is 5.02 Å². The molecular formula is C25H33ClN3O6S-. The minimum atomic E-state index is -2.23. The molecule has 0 saturated carbocycles. The Labute approximate surface area is 219 Å². The number of nitrogen functional groups attached to an aromatic ring is 1. The summed E-state index contributed by atoms with van der Waals surface area (Å²) in [7, 11) is 3.16. The van der Waals surface area contributed by atoms with E-state index in [0.29, 0.717) is 59.0 Å². The number of benzene rings is 2. The number of nitrogens with two attached hydrogens (primary N) is 1. The number of piperidine rings is 1. The zero-order valence-corrected chi connectivity index (χ0v) is 22.2. The summed E-state index contributed by atoms with van der Waals surface area (Å²) >= 11 is 4.01. The lowest BCUT2D eigenvalue weighted by Crippen LogP contribution is -2.38. The number of carbonyl (C=O) groups is 1. The van der Waals surface area contributed by atoms with Gasteiger partial charge in [0.05, 0.1) is 30.5 Å². The fourth-order valence-electron chi connectivity index (χ4n) is 4.27. The van der Waals surface area contributed by atoms with Gasteiger partial charge in [-0.15, -0.1) is 0 Å². The Morgan fingerprint density at radius 1 is 1.17 bits per heavy atom. The Kier molecular flexibility index (Phi) is 10.8. The first-order valence-corrected chi connectivity index (χ1v) is 13.3. The molecule has 0 spiro atoms. The Hall–Kier alpha value is -2.37. The van der Waals surface area contributed by atoms with Crippen molar-refractivity contribution < 1.29 is 27.8 Å². The first-order chi connectivity index (χ1) is 17.3. The van der Waals surface area contributed by atoms with Crippen molar-refractivity contribution in [3.63, 3.8) is 0 Å². The molecule has 9 nitrogen and oxygen atoms in total. The standard InChI is InChI=1S/C25H34ClN3O6S/c1-33-19-11-18(12-20(13-19)34-2)16-35-25-15-23(27)22(26)14-21(25)24(30)4-3-17-5-8-29(9-6-17)10-7-28-36(31)32/h11-15,17,28H,3-10,16,27H2,1-2H3,(H,31,32)/p-1. The van der Waals surface area contributed by atoms with E-state index < -0.39 is 11.3 Å². The summed E-state index contributed by atoms with van der Waals surface area (Å²) in [5, 5.41) is 0.315. The third kappa shape index (κ3) is 8.35. The van der Waals surface area contributed by atoms with Gasteiger partial charge in [-0.25, -0.2) is 4.72 Å². The van der Waals surface area contributed by atoms with Gasteiger partial charge in [-0.3, -0.25) is 9.00 Å². The van der Waals surface area contributed by atoms with Crippen LogP contribution >= 0.6 is 11.6 Å². The van der Waals surface area contributed by atoms with Crippen LogP contribution in [0.1, 0.15) is 41.6 Å². The van der Waals surface area contributed by atoms with Gasteiger partial charge in [-0.2, -0.15) is 0 Å². The topological polar surface area (TPSA) is 126 Å².